The predicted molar refractivity (Wildman–Crippen MR) is 116 cm³/mol. The smallest absolute Gasteiger partial charge is 0.450 e. The lowest BCUT2D eigenvalue weighted by atomic mass is 9.82. The molecule has 2 heterocycles. The topological polar surface area (TPSA) is 84.3 Å². The van der Waals surface area contributed by atoms with E-state index in [1.165, 1.54) is 11.6 Å². The van der Waals surface area contributed by atoms with Crippen molar-refractivity contribution in [1.29, 1.82) is 0 Å². The molecule has 3 aromatic rings. The first-order valence-electron chi connectivity index (χ1n) is 10.5. The summed E-state index contributed by atoms with van der Waals surface area (Å²) in [5, 5.41) is 11.7. The molecule has 33 heavy (non-hydrogen) atoms. The van der Waals surface area contributed by atoms with Crippen LogP contribution in [0.2, 0.25) is 0 Å². The number of halogens is 3. The van der Waals surface area contributed by atoms with E-state index in [0.29, 0.717) is 17.3 Å². The van der Waals surface area contributed by atoms with Gasteiger partial charge in [-0.25, -0.2) is 9.78 Å². The first-order chi connectivity index (χ1) is 15.8. The molecular formula is C24H22F3N3O3. The van der Waals surface area contributed by atoms with Crippen molar-refractivity contribution in [2.45, 2.75) is 43.9 Å². The Bertz CT molecular complexity index is 1080. The minimum atomic E-state index is -4.47. The molecule has 1 saturated carbocycles. The Kier molecular flexibility index (Phi) is 6.48. The average molecular weight is 457 g/mol. The second kappa shape index (κ2) is 9.48. The van der Waals surface area contributed by atoms with E-state index in [1.54, 1.807) is 12.3 Å². The Morgan fingerprint density at radius 3 is 2.06 bits per heavy atom. The number of benzene rings is 1. The molecule has 1 fully saturated rings. The summed E-state index contributed by atoms with van der Waals surface area (Å²) in [4.78, 5) is 18.6. The minimum absolute atomic E-state index is 0.215. The van der Waals surface area contributed by atoms with Crippen LogP contribution >= 0.6 is 0 Å². The quantitative estimate of drug-likeness (QED) is 0.419. The van der Waals surface area contributed by atoms with Crippen molar-refractivity contribution in [3.8, 4) is 11.3 Å². The van der Waals surface area contributed by atoms with E-state index >= 15 is 0 Å². The molecule has 0 bridgehead atoms. The van der Waals surface area contributed by atoms with E-state index < -0.39 is 18.0 Å². The zero-order valence-corrected chi connectivity index (χ0v) is 17.5. The van der Waals surface area contributed by atoms with Crippen LogP contribution in [0.5, 0.6) is 0 Å². The van der Waals surface area contributed by atoms with Crippen molar-refractivity contribution in [3.05, 3.63) is 72.2 Å². The summed E-state index contributed by atoms with van der Waals surface area (Å²) in [6.07, 6.45) is 0.0723. The first-order valence-corrected chi connectivity index (χ1v) is 10.5. The summed E-state index contributed by atoms with van der Waals surface area (Å²) < 4.78 is 42.7. The third-order valence-corrected chi connectivity index (χ3v) is 5.73. The van der Waals surface area contributed by atoms with Crippen molar-refractivity contribution in [2.24, 2.45) is 0 Å². The van der Waals surface area contributed by atoms with E-state index in [2.05, 4.69) is 27.4 Å². The van der Waals surface area contributed by atoms with Gasteiger partial charge in [-0.2, -0.15) is 13.2 Å². The van der Waals surface area contributed by atoms with Crippen LogP contribution in [0.1, 0.15) is 42.9 Å². The zero-order valence-electron chi connectivity index (χ0n) is 17.5. The van der Waals surface area contributed by atoms with Crippen LogP contribution in [0.3, 0.4) is 0 Å². The molecular weight excluding hydrogens is 435 g/mol. The van der Waals surface area contributed by atoms with Crippen molar-refractivity contribution in [3.63, 3.8) is 0 Å². The molecule has 2 N–H and O–H groups in total. The fourth-order valence-electron chi connectivity index (χ4n) is 4.02. The average Bonchev–Trinajstić information content (AvgIpc) is 2.80. The molecule has 9 heteroatoms. The molecule has 6 nitrogen and oxygen atoms in total. The fraction of sp³-hybridized carbons (Fsp3) is 0.292. The molecule has 1 aliphatic rings. The van der Waals surface area contributed by atoms with Gasteiger partial charge in [-0.1, -0.05) is 24.3 Å². The number of nitrogens with zero attached hydrogens (tertiary/aromatic N) is 2. The van der Waals surface area contributed by atoms with Gasteiger partial charge in [-0.15, -0.1) is 0 Å². The molecule has 1 aliphatic carbocycles. The molecule has 0 atom stereocenters. The number of pyridine rings is 2. The molecule has 2 aromatic heterocycles. The standard InChI is InChI=1S/C24H22F3N3O3/c25-24(26,27)22-12-8-19(14-29-22)30-18-7-11-21(28-13-18)17-3-1-15(2-4-17)16-5-9-20(10-6-16)33-23(31)32/h1-4,7-8,11-14,16,20,30H,5-6,9-10H2,(H,31,32). The lowest BCUT2D eigenvalue weighted by molar-refractivity contribution is -0.141. The third-order valence-electron chi connectivity index (χ3n) is 5.73. The number of ether oxygens (including phenoxy) is 1. The van der Waals surface area contributed by atoms with E-state index in [4.69, 9.17) is 9.84 Å². The summed E-state index contributed by atoms with van der Waals surface area (Å²) >= 11 is 0. The van der Waals surface area contributed by atoms with E-state index in [1.807, 2.05) is 18.2 Å². The molecule has 0 radical (unpaired) electrons. The summed E-state index contributed by atoms with van der Waals surface area (Å²) in [5.41, 5.74) is 3.07. The lowest BCUT2D eigenvalue weighted by Gasteiger charge is -2.27. The van der Waals surface area contributed by atoms with Crippen molar-refractivity contribution in [1.82, 2.24) is 9.97 Å². The first kappa shape index (κ1) is 22.6. The Morgan fingerprint density at radius 1 is 0.909 bits per heavy atom. The van der Waals surface area contributed by atoms with Crippen molar-refractivity contribution >= 4 is 17.5 Å². The third kappa shape index (κ3) is 5.79. The van der Waals surface area contributed by atoms with Crippen molar-refractivity contribution < 1.29 is 27.8 Å². The van der Waals surface area contributed by atoms with E-state index in [-0.39, 0.29) is 6.10 Å². The van der Waals surface area contributed by atoms with Crippen LogP contribution in [-0.2, 0) is 10.9 Å². The van der Waals surface area contributed by atoms with Gasteiger partial charge in [0, 0.05) is 5.56 Å². The highest BCUT2D eigenvalue weighted by Crippen LogP contribution is 2.35. The highest BCUT2D eigenvalue weighted by Gasteiger charge is 2.32. The number of carbonyl (C=O) groups is 1. The van der Waals surface area contributed by atoms with Gasteiger partial charge in [0.2, 0.25) is 0 Å². The lowest BCUT2D eigenvalue weighted by Crippen LogP contribution is -2.23. The van der Waals surface area contributed by atoms with Crippen LogP contribution in [0.4, 0.5) is 29.3 Å². The van der Waals surface area contributed by atoms with Gasteiger partial charge in [0.25, 0.3) is 0 Å². The monoisotopic (exact) mass is 457 g/mol. The molecule has 4 rings (SSSR count). The van der Waals surface area contributed by atoms with Gasteiger partial charge in [0.15, 0.2) is 0 Å². The summed E-state index contributed by atoms with van der Waals surface area (Å²) in [6.45, 7) is 0. The van der Waals surface area contributed by atoms with E-state index in [0.717, 1.165) is 49.2 Å². The van der Waals surface area contributed by atoms with Gasteiger partial charge in [0.05, 0.1) is 29.5 Å². The number of rotatable bonds is 5. The van der Waals surface area contributed by atoms with Gasteiger partial charge < -0.3 is 15.2 Å². The Hall–Kier alpha value is -3.62. The summed E-state index contributed by atoms with van der Waals surface area (Å²) in [6, 6.07) is 14.0. The Balaban J connectivity index is 1.36. The molecule has 0 saturated heterocycles. The number of hydrogen-bond donors (Lipinski definition) is 2. The van der Waals surface area contributed by atoms with Crippen LogP contribution in [0, 0.1) is 0 Å². The van der Waals surface area contributed by atoms with Crippen LogP contribution < -0.4 is 5.32 Å². The number of nitrogens with one attached hydrogen (secondary N) is 1. The van der Waals surface area contributed by atoms with Gasteiger partial charge >= 0.3 is 12.3 Å². The van der Waals surface area contributed by atoms with Crippen LogP contribution in [0.15, 0.2) is 60.9 Å². The second-order valence-corrected chi connectivity index (χ2v) is 7.97. The molecule has 0 amide bonds. The van der Waals surface area contributed by atoms with Crippen LogP contribution in [-0.4, -0.2) is 27.3 Å². The highest BCUT2D eigenvalue weighted by molar-refractivity contribution is 5.64. The molecule has 0 spiro atoms. The predicted octanol–water partition coefficient (Wildman–Crippen LogP) is 6.63. The number of aromatic nitrogens is 2. The normalized spacial score (nSPS) is 18.5. The van der Waals surface area contributed by atoms with Gasteiger partial charge in [-0.05, 0) is 61.4 Å². The number of anilines is 2. The second-order valence-electron chi connectivity index (χ2n) is 7.97. The largest absolute Gasteiger partial charge is 0.506 e. The van der Waals surface area contributed by atoms with Crippen LogP contribution in [0.25, 0.3) is 11.3 Å². The molecule has 1 aromatic carbocycles. The Morgan fingerprint density at radius 2 is 1.55 bits per heavy atom. The van der Waals surface area contributed by atoms with Crippen molar-refractivity contribution in [2.75, 3.05) is 5.32 Å². The van der Waals surface area contributed by atoms with Gasteiger partial charge in [0.1, 0.15) is 11.8 Å². The molecule has 172 valence electrons. The summed E-state index contributed by atoms with van der Waals surface area (Å²) in [7, 11) is 0. The number of carboxylic acid groups (broad SMARTS) is 1. The maximum atomic E-state index is 12.6. The summed E-state index contributed by atoms with van der Waals surface area (Å²) in [5.74, 6) is 0.379. The minimum Gasteiger partial charge on any atom is -0.450 e. The maximum absolute atomic E-state index is 12.6. The number of hydrogen-bond acceptors (Lipinski definition) is 5. The van der Waals surface area contributed by atoms with E-state index in [9.17, 15) is 18.0 Å². The van der Waals surface area contributed by atoms with Gasteiger partial charge in [-0.3, -0.25) is 4.98 Å². The highest BCUT2D eigenvalue weighted by atomic mass is 19.4. The SMILES string of the molecule is O=C(O)OC1CCC(c2ccc(-c3ccc(Nc4ccc(C(F)(F)F)nc4)cn3)cc2)CC1. The molecule has 0 unspecified atom stereocenters. The zero-order chi connectivity index (χ0) is 23.4. The number of alkyl halides is 3. The molecule has 0 aliphatic heterocycles. The fourth-order valence-corrected chi connectivity index (χ4v) is 4.02. The Labute approximate surface area is 188 Å². The maximum Gasteiger partial charge on any atom is 0.506 e.